The van der Waals surface area contributed by atoms with Gasteiger partial charge >= 0.3 is 6.18 Å². The number of rotatable bonds is 1. The zero-order valence-electron chi connectivity index (χ0n) is 8.64. The lowest BCUT2D eigenvalue weighted by atomic mass is 9.95. The molecule has 0 bridgehead atoms. The van der Waals surface area contributed by atoms with Gasteiger partial charge in [-0.1, -0.05) is 0 Å². The zero-order chi connectivity index (χ0) is 12.5. The summed E-state index contributed by atoms with van der Waals surface area (Å²) in [5.41, 5.74) is -1.27. The lowest BCUT2D eigenvalue weighted by molar-refractivity contribution is -0.138. The summed E-state index contributed by atoms with van der Waals surface area (Å²) in [6.45, 7) is 2.40. The first-order valence-electron chi connectivity index (χ1n) is 4.41. The van der Waals surface area contributed by atoms with Gasteiger partial charge in [-0.15, -0.1) is 0 Å². The van der Waals surface area contributed by atoms with E-state index >= 15 is 0 Å². The summed E-state index contributed by atoms with van der Waals surface area (Å²) in [7, 11) is 0. The van der Waals surface area contributed by atoms with E-state index in [9.17, 15) is 18.0 Å². The van der Waals surface area contributed by atoms with Crippen LogP contribution in [-0.2, 0) is 6.18 Å². The van der Waals surface area contributed by atoms with E-state index in [4.69, 9.17) is 5.26 Å². The normalized spacial score (nSPS) is 11.0. The molecule has 1 aromatic carbocycles. The van der Waals surface area contributed by atoms with Gasteiger partial charge in [0.05, 0.1) is 11.1 Å². The molecular weight excluding hydrogens is 219 g/mol. The molecule has 0 aromatic heterocycles. The molecule has 84 valence electrons. The molecule has 0 radical (unpaired) electrons. The van der Waals surface area contributed by atoms with E-state index in [1.54, 1.807) is 6.07 Å². The fourth-order valence-electron chi connectivity index (χ4n) is 1.46. The third-order valence-electron chi connectivity index (χ3n) is 2.26. The summed E-state index contributed by atoms with van der Waals surface area (Å²) in [5.74, 6) is -0.423. The van der Waals surface area contributed by atoms with Crippen molar-refractivity contribution in [1.82, 2.24) is 0 Å². The summed E-state index contributed by atoms with van der Waals surface area (Å²) < 4.78 is 37.5. The van der Waals surface area contributed by atoms with Gasteiger partial charge in [-0.25, -0.2) is 0 Å². The van der Waals surface area contributed by atoms with Gasteiger partial charge in [-0.3, -0.25) is 4.79 Å². The number of carbonyl (C=O) groups excluding carboxylic acids is 1. The molecule has 1 aromatic rings. The van der Waals surface area contributed by atoms with Gasteiger partial charge in [0.1, 0.15) is 6.07 Å². The number of hydrogen-bond donors (Lipinski definition) is 0. The number of ketones is 1. The monoisotopic (exact) mass is 227 g/mol. The van der Waals surface area contributed by atoms with Crippen LogP contribution in [0.4, 0.5) is 13.2 Å². The van der Waals surface area contributed by atoms with Gasteiger partial charge in [-0.05, 0) is 31.5 Å². The number of carbonyl (C=O) groups is 1. The summed E-state index contributed by atoms with van der Waals surface area (Å²) in [6.07, 6.45) is -4.51. The first-order chi connectivity index (χ1) is 7.29. The molecule has 16 heavy (non-hydrogen) atoms. The summed E-state index contributed by atoms with van der Waals surface area (Å²) in [6, 6.07) is 3.50. The number of halogens is 3. The van der Waals surface area contributed by atoms with E-state index in [1.807, 2.05) is 0 Å². The molecule has 0 fully saturated rings. The standard InChI is InChI=1S/C11H8F3NO/c1-6-9(5-15)8(7(2)16)3-4-10(6)11(12,13)14/h3-4H,1-2H3. The summed E-state index contributed by atoms with van der Waals surface area (Å²) in [4.78, 5) is 11.1. The van der Waals surface area contributed by atoms with Crippen LogP contribution in [0.2, 0.25) is 0 Å². The lowest BCUT2D eigenvalue weighted by Gasteiger charge is -2.12. The molecule has 2 nitrogen and oxygen atoms in total. The third kappa shape index (κ3) is 2.06. The Bertz CT molecular complexity index is 483. The molecule has 0 aliphatic carbocycles. The predicted octanol–water partition coefficient (Wildman–Crippen LogP) is 3.09. The van der Waals surface area contributed by atoms with Crippen molar-refractivity contribution in [1.29, 1.82) is 5.26 Å². The molecular formula is C11H8F3NO. The van der Waals surface area contributed by atoms with Gasteiger partial charge in [0.15, 0.2) is 5.78 Å². The van der Waals surface area contributed by atoms with Crippen LogP contribution in [0, 0.1) is 18.3 Å². The Balaban J connectivity index is 3.55. The van der Waals surface area contributed by atoms with E-state index in [0.29, 0.717) is 0 Å². The molecule has 0 amide bonds. The Morgan fingerprint density at radius 2 is 1.94 bits per heavy atom. The number of benzene rings is 1. The number of Topliss-reactive ketones (excluding diaryl/α,β-unsaturated/α-hetero) is 1. The Morgan fingerprint density at radius 1 is 1.38 bits per heavy atom. The van der Waals surface area contributed by atoms with E-state index in [1.165, 1.54) is 13.8 Å². The van der Waals surface area contributed by atoms with Crippen molar-refractivity contribution in [2.75, 3.05) is 0 Å². The number of nitriles is 1. The third-order valence-corrected chi connectivity index (χ3v) is 2.26. The molecule has 5 heteroatoms. The molecule has 0 aliphatic rings. The molecule has 0 saturated carbocycles. The molecule has 0 aliphatic heterocycles. The van der Waals surface area contributed by atoms with Crippen LogP contribution in [0.3, 0.4) is 0 Å². The molecule has 1 rings (SSSR count). The van der Waals surface area contributed by atoms with E-state index < -0.39 is 17.5 Å². The predicted molar refractivity (Wildman–Crippen MR) is 50.9 cm³/mol. The minimum atomic E-state index is -4.51. The summed E-state index contributed by atoms with van der Waals surface area (Å²) >= 11 is 0. The highest BCUT2D eigenvalue weighted by Gasteiger charge is 2.33. The van der Waals surface area contributed by atoms with Crippen LogP contribution in [0.1, 0.15) is 34.0 Å². The van der Waals surface area contributed by atoms with E-state index in [-0.39, 0.29) is 16.7 Å². The van der Waals surface area contributed by atoms with Crippen molar-refractivity contribution in [2.45, 2.75) is 20.0 Å². The molecule has 0 spiro atoms. The average molecular weight is 227 g/mol. The van der Waals surface area contributed by atoms with Gasteiger partial charge < -0.3 is 0 Å². The van der Waals surface area contributed by atoms with Crippen molar-refractivity contribution in [3.05, 3.63) is 34.4 Å². The van der Waals surface area contributed by atoms with Crippen molar-refractivity contribution in [3.8, 4) is 6.07 Å². The Kier molecular flexibility index (Phi) is 3.04. The van der Waals surface area contributed by atoms with Crippen LogP contribution in [0.5, 0.6) is 0 Å². The largest absolute Gasteiger partial charge is 0.416 e. The van der Waals surface area contributed by atoms with Crippen LogP contribution in [0.25, 0.3) is 0 Å². The maximum atomic E-state index is 12.5. The van der Waals surface area contributed by atoms with E-state index in [0.717, 1.165) is 12.1 Å². The van der Waals surface area contributed by atoms with Gasteiger partial charge in [-0.2, -0.15) is 18.4 Å². The van der Waals surface area contributed by atoms with Gasteiger partial charge in [0, 0.05) is 5.56 Å². The van der Waals surface area contributed by atoms with Gasteiger partial charge in [0.25, 0.3) is 0 Å². The number of alkyl halides is 3. The number of nitrogens with zero attached hydrogens (tertiary/aromatic N) is 1. The second kappa shape index (κ2) is 3.97. The molecule has 0 atom stereocenters. The fraction of sp³-hybridized carbons (Fsp3) is 0.273. The number of hydrogen-bond acceptors (Lipinski definition) is 2. The topological polar surface area (TPSA) is 40.9 Å². The van der Waals surface area contributed by atoms with Crippen molar-refractivity contribution in [2.24, 2.45) is 0 Å². The Hall–Kier alpha value is -1.83. The van der Waals surface area contributed by atoms with Crippen LogP contribution in [0.15, 0.2) is 12.1 Å². The first-order valence-corrected chi connectivity index (χ1v) is 4.41. The summed E-state index contributed by atoms with van der Waals surface area (Å²) in [5, 5.41) is 8.77. The highest BCUT2D eigenvalue weighted by molar-refractivity contribution is 5.97. The SMILES string of the molecule is CC(=O)c1ccc(C(F)(F)F)c(C)c1C#N. The fourth-order valence-corrected chi connectivity index (χ4v) is 1.46. The van der Waals surface area contributed by atoms with E-state index in [2.05, 4.69) is 0 Å². The first kappa shape index (κ1) is 12.2. The molecule has 0 N–H and O–H groups in total. The van der Waals surface area contributed by atoms with Crippen molar-refractivity contribution in [3.63, 3.8) is 0 Å². The molecule has 0 unspecified atom stereocenters. The van der Waals surface area contributed by atoms with Crippen LogP contribution >= 0.6 is 0 Å². The second-order valence-electron chi connectivity index (χ2n) is 3.33. The smallest absolute Gasteiger partial charge is 0.294 e. The van der Waals surface area contributed by atoms with Gasteiger partial charge in [0.2, 0.25) is 0 Å². The highest BCUT2D eigenvalue weighted by atomic mass is 19.4. The maximum Gasteiger partial charge on any atom is 0.416 e. The average Bonchev–Trinajstić information content (AvgIpc) is 2.14. The molecule has 0 saturated heterocycles. The lowest BCUT2D eigenvalue weighted by Crippen LogP contribution is -2.11. The van der Waals surface area contributed by atoms with Crippen molar-refractivity contribution < 1.29 is 18.0 Å². The minimum absolute atomic E-state index is 0.0213. The van der Waals surface area contributed by atoms with Crippen LogP contribution in [-0.4, -0.2) is 5.78 Å². The Labute approximate surface area is 90.3 Å². The quantitative estimate of drug-likeness (QED) is 0.691. The second-order valence-corrected chi connectivity index (χ2v) is 3.33. The highest BCUT2D eigenvalue weighted by Crippen LogP contribution is 2.33. The zero-order valence-corrected chi connectivity index (χ0v) is 8.64. The van der Waals surface area contributed by atoms with Crippen molar-refractivity contribution >= 4 is 5.78 Å². The Morgan fingerprint density at radius 3 is 2.31 bits per heavy atom. The maximum absolute atomic E-state index is 12.5. The van der Waals surface area contributed by atoms with Crippen LogP contribution < -0.4 is 0 Å². The molecule has 0 heterocycles. The minimum Gasteiger partial charge on any atom is -0.294 e.